The third kappa shape index (κ3) is 3.42. The number of aliphatic carboxylic acids is 1. The standard InChI is InChI=1S/C14H16ClNO4/c1-14(13(18)19,9-2-3-9)16-12(17)8-20-11-6-4-10(15)5-7-11/h4-7,9H,2-3,8H2,1H3,(H,16,17)(H,18,19). The lowest BCUT2D eigenvalue weighted by Gasteiger charge is -2.26. The summed E-state index contributed by atoms with van der Waals surface area (Å²) < 4.78 is 5.28. The summed E-state index contributed by atoms with van der Waals surface area (Å²) in [7, 11) is 0. The van der Waals surface area contributed by atoms with Crippen molar-refractivity contribution < 1.29 is 19.4 Å². The minimum Gasteiger partial charge on any atom is -0.484 e. The normalized spacial score (nSPS) is 17.1. The quantitative estimate of drug-likeness (QED) is 0.843. The highest BCUT2D eigenvalue weighted by molar-refractivity contribution is 6.30. The van der Waals surface area contributed by atoms with Crippen molar-refractivity contribution >= 4 is 23.5 Å². The van der Waals surface area contributed by atoms with E-state index in [1.807, 2.05) is 0 Å². The average Bonchev–Trinajstić information content (AvgIpc) is 3.22. The molecule has 0 saturated heterocycles. The Labute approximate surface area is 121 Å². The fraction of sp³-hybridized carbons (Fsp3) is 0.429. The van der Waals surface area contributed by atoms with E-state index >= 15 is 0 Å². The van der Waals surface area contributed by atoms with Crippen LogP contribution in [-0.4, -0.2) is 29.1 Å². The topological polar surface area (TPSA) is 75.6 Å². The molecule has 5 nitrogen and oxygen atoms in total. The molecule has 1 unspecified atom stereocenters. The summed E-state index contributed by atoms with van der Waals surface area (Å²) >= 11 is 5.74. The van der Waals surface area contributed by atoms with E-state index in [-0.39, 0.29) is 12.5 Å². The molecule has 1 saturated carbocycles. The molecule has 2 N–H and O–H groups in total. The predicted molar refractivity (Wildman–Crippen MR) is 73.9 cm³/mol. The second-order valence-electron chi connectivity index (χ2n) is 5.07. The van der Waals surface area contributed by atoms with Crippen molar-refractivity contribution in [2.75, 3.05) is 6.61 Å². The van der Waals surface area contributed by atoms with E-state index in [2.05, 4.69) is 5.32 Å². The molecule has 0 spiro atoms. The number of nitrogens with one attached hydrogen (secondary N) is 1. The van der Waals surface area contributed by atoms with Crippen LogP contribution in [0.25, 0.3) is 0 Å². The first kappa shape index (κ1) is 14.7. The maximum absolute atomic E-state index is 11.8. The first-order valence-corrected chi connectivity index (χ1v) is 6.72. The number of carbonyl (C=O) groups excluding carboxylic acids is 1. The number of halogens is 1. The number of ether oxygens (including phenoxy) is 1. The first-order chi connectivity index (χ1) is 9.41. The number of rotatable bonds is 6. The van der Waals surface area contributed by atoms with Crippen molar-refractivity contribution in [3.63, 3.8) is 0 Å². The smallest absolute Gasteiger partial charge is 0.329 e. The number of carbonyl (C=O) groups is 2. The van der Waals surface area contributed by atoms with E-state index in [0.717, 1.165) is 12.8 Å². The largest absolute Gasteiger partial charge is 0.484 e. The molecular formula is C14H16ClNO4. The molecule has 1 fully saturated rings. The molecule has 0 aromatic heterocycles. The molecule has 1 amide bonds. The first-order valence-electron chi connectivity index (χ1n) is 6.34. The Morgan fingerprint density at radius 3 is 2.50 bits per heavy atom. The highest BCUT2D eigenvalue weighted by Gasteiger charge is 2.48. The van der Waals surface area contributed by atoms with Gasteiger partial charge in [0.15, 0.2) is 6.61 Å². The van der Waals surface area contributed by atoms with Gasteiger partial charge in [0, 0.05) is 5.02 Å². The zero-order chi connectivity index (χ0) is 14.8. The third-order valence-electron chi connectivity index (χ3n) is 3.42. The van der Waals surface area contributed by atoms with E-state index < -0.39 is 17.4 Å². The van der Waals surface area contributed by atoms with Crippen LogP contribution in [-0.2, 0) is 9.59 Å². The zero-order valence-corrected chi connectivity index (χ0v) is 11.8. The maximum Gasteiger partial charge on any atom is 0.329 e. The Morgan fingerprint density at radius 1 is 1.40 bits per heavy atom. The highest BCUT2D eigenvalue weighted by atomic mass is 35.5. The minimum atomic E-state index is -1.21. The highest BCUT2D eigenvalue weighted by Crippen LogP contribution is 2.39. The summed E-state index contributed by atoms with van der Waals surface area (Å²) in [6, 6.07) is 6.60. The van der Waals surface area contributed by atoms with Gasteiger partial charge in [-0.15, -0.1) is 0 Å². The van der Waals surface area contributed by atoms with E-state index in [9.17, 15) is 14.7 Å². The molecule has 108 valence electrons. The van der Waals surface area contributed by atoms with Crippen LogP contribution >= 0.6 is 11.6 Å². The summed E-state index contributed by atoms with van der Waals surface area (Å²) in [6.07, 6.45) is 1.64. The summed E-state index contributed by atoms with van der Waals surface area (Å²) in [5.41, 5.74) is -1.21. The monoisotopic (exact) mass is 297 g/mol. The van der Waals surface area contributed by atoms with Crippen LogP contribution in [0.1, 0.15) is 19.8 Å². The molecule has 1 aromatic carbocycles. The van der Waals surface area contributed by atoms with Gasteiger partial charge in [0.2, 0.25) is 0 Å². The van der Waals surface area contributed by atoms with E-state index in [4.69, 9.17) is 16.3 Å². The van der Waals surface area contributed by atoms with Crippen molar-refractivity contribution in [3.8, 4) is 5.75 Å². The van der Waals surface area contributed by atoms with Crippen molar-refractivity contribution in [2.24, 2.45) is 5.92 Å². The van der Waals surface area contributed by atoms with Gasteiger partial charge in [0.1, 0.15) is 11.3 Å². The van der Waals surface area contributed by atoms with Crippen LogP contribution in [0.15, 0.2) is 24.3 Å². The van der Waals surface area contributed by atoms with E-state index in [0.29, 0.717) is 10.8 Å². The summed E-state index contributed by atoms with van der Waals surface area (Å²) in [5, 5.41) is 12.4. The number of carboxylic acid groups (broad SMARTS) is 1. The molecule has 20 heavy (non-hydrogen) atoms. The molecule has 0 radical (unpaired) electrons. The number of amides is 1. The lowest BCUT2D eigenvalue weighted by molar-refractivity contribution is -0.148. The SMILES string of the molecule is CC(NC(=O)COc1ccc(Cl)cc1)(C(=O)O)C1CC1. The van der Waals surface area contributed by atoms with Crippen LogP contribution in [0.5, 0.6) is 5.75 Å². The van der Waals surface area contributed by atoms with E-state index in [1.54, 1.807) is 24.3 Å². The van der Waals surface area contributed by atoms with Gasteiger partial charge in [-0.2, -0.15) is 0 Å². The van der Waals surface area contributed by atoms with Gasteiger partial charge in [0.25, 0.3) is 5.91 Å². The molecule has 1 atom stereocenters. The summed E-state index contributed by atoms with van der Waals surface area (Å²) in [5.74, 6) is -0.955. The molecule has 0 bridgehead atoms. The average molecular weight is 298 g/mol. The van der Waals surface area contributed by atoms with E-state index in [1.165, 1.54) is 6.92 Å². The van der Waals surface area contributed by atoms with Gasteiger partial charge in [-0.1, -0.05) is 11.6 Å². The van der Waals surface area contributed by atoms with Gasteiger partial charge in [-0.3, -0.25) is 4.79 Å². The fourth-order valence-corrected chi connectivity index (χ4v) is 2.12. The van der Waals surface area contributed by atoms with Gasteiger partial charge in [-0.05, 0) is 49.9 Å². The minimum absolute atomic E-state index is 0.000480. The van der Waals surface area contributed by atoms with Crippen LogP contribution < -0.4 is 10.1 Å². The molecular weight excluding hydrogens is 282 g/mol. The number of hydrogen-bond donors (Lipinski definition) is 2. The van der Waals surface area contributed by atoms with Gasteiger partial charge < -0.3 is 15.2 Å². The van der Waals surface area contributed by atoms with Crippen molar-refractivity contribution in [2.45, 2.75) is 25.3 Å². The number of hydrogen-bond acceptors (Lipinski definition) is 3. The van der Waals surface area contributed by atoms with Crippen molar-refractivity contribution in [1.29, 1.82) is 0 Å². The lowest BCUT2D eigenvalue weighted by atomic mass is 9.96. The van der Waals surface area contributed by atoms with Gasteiger partial charge >= 0.3 is 5.97 Å². The molecule has 2 rings (SSSR count). The second kappa shape index (κ2) is 5.71. The Bertz CT molecular complexity index is 512. The Kier molecular flexibility index (Phi) is 4.18. The molecule has 1 aromatic rings. The Morgan fingerprint density at radius 2 is 2.00 bits per heavy atom. The molecule has 6 heteroatoms. The third-order valence-corrected chi connectivity index (χ3v) is 3.67. The molecule has 0 aliphatic heterocycles. The summed E-state index contributed by atoms with van der Waals surface area (Å²) in [4.78, 5) is 23.1. The van der Waals surface area contributed by atoms with Crippen molar-refractivity contribution in [1.82, 2.24) is 5.32 Å². The van der Waals surface area contributed by atoms with Gasteiger partial charge in [-0.25, -0.2) is 4.79 Å². The van der Waals surface area contributed by atoms with Crippen LogP contribution in [0.3, 0.4) is 0 Å². The second-order valence-corrected chi connectivity index (χ2v) is 5.51. The van der Waals surface area contributed by atoms with Crippen LogP contribution in [0.4, 0.5) is 0 Å². The molecule has 1 aliphatic carbocycles. The van der Waals surface area contributed by atoms with Crippen LogP contribution in [0.2, 0.25) is 5.02 Å². The predicted octanol–water partition coefficient (Wildman–Crippen LogP) is 2.09. The lowest BCUT2D eigenvalue weighted by Crippen LogP contribution is -2.55. The van der Waals surface area contributed by atoms with Crippen LogP contribution in [0, 0.1) is 5.92 Å². The maximum atomic E-state index is 11.8. The zero-order valence-electron chi connectivity index (χ0n) is 11.1. The van der Waals surface area contributed by atoms with Gasteiger partial charge in [0.05, 0.1) is 0 Å². The Hall–Kier alpha value is -1.75. The Balaban J connectivity index is 1.88. The molecule has 0 heterocycles. The number of benzene rings is 1. The number of carboxylic acids is 1. The fourth-order valence-electron chi connectivity index (χ4n) is 2.00. The summed E-state index contributed by atoms with van der Waals surface area (Å²) in [6.45, 7) is 1.31. The van der Waals surface area contributed by atoms with Crippen molar-refractivity contribution in [3.05, 3.63) is 29.3 Å². The molecule has 1 aliphatic rings.